The molecule has 1 amide bonds. The van der Waals surface area contributed by atoms with Crippen LogP contribution in [0.2, 0.25) is 0 Å². The van der Waals surface area contributed by atoms with Gasteiger partial charge in [-0.25, -0.2) is 18.6 Å². The number of fused-ring (bicyclic) bond motifs is 2. The topological polar surface area (TPSA) is 101 Å². The summed E-state index contributed by atoms with van der Waals surface area (Å²) >= 11 is 0. The fourth-order valence-electron chi connectivity index (χ4n) is 5.45. The van der Waals surface area contributed by atoms with Gasteiger partial charge in [0.25, 0.3) is 11.5 Å². The van der Waals surface area contributed by atoms with Crippen LogP contribution in [0.1, 0.15) is 37.3 Å². The molecule has 0 spiro atoms. The number of rotatable bonds is 5. The van der Waals surface area contributed by atoms with Crippen LogP contribution in [-0.2, 0) is 11.3 Å². The van der Waals surface area contributed by atoms with Crippen LogP contribution >= 0.6 is 0 Å². The molecule has 1 aliphatic carbocycles. The van der Waals surface area contributed by atoms with Crippen molar-refractivity contribution in [2.45, 2.75) is 50.5 Å². The molecule has 0 bridgehead atoms. The molecule has 1 unspecified atom stereocenters. The van der Waals surface area contributed by atoms with E-state index in [0.29, 0.717) is 36.9 Å². The van der Waals surface area contributed by atoms with Crippen molar-refractivity contribution in [3.05, 3.63) is 111 Å². The van der Waals surface area contributed by atoms with Gasteiger partial charge in [0.2, 0.25) is 0 Å². The lowest BCUT2D eigenvalue weighted by molar-refractivity contribution is -0.118. The van der Waals surface area contributed by atoms with Crippen molar-refractivity contribution in [2.24, 2.45) is 0 Å². The second-order valence-corrected chi connectivity index (χ2v) is 9.98. The second kappa shape index (κ2) is 9.97. The first kappa shape index (κ1) is 24.8. The Labute approximate surface area is 221 Å². The highest BCUT2D eigenvalue weighted by Gasteiger charge is 2.30. The van der Waals surface area contributed by atoms with Crippen LogP contribution in [0.3, 0.4) is 0 Å². The Hall–Kier alpha value is -4.54. The zero-order valence-electron chi connectivity index (χ0n) is 20.9. The van der Waals surface area contributed by atoms with Crippen molar-refractivity contribution in [3.63, 3.8) is 0 Å². The van der Waals surface area contributed by atoms with Crippen LogP contribution < -0.4 is 21.9 Å². The van der Waals surface area contributed by atoms with E-state index in [9.17, 15) is 23.2 Å². The minimum Gasteiger partial charge on any atom is -0.356 e. The van der Waals surface area contributed by atoms with E-state index in [2.05, 4.69) is 15.6 Å². The summed E-state index contributed by atoms with van der Waals surface area (Å²) in [6.45, 7) is 0.0461. The maximum atomic E-state index is 14.1. The Balaban J connectivity index is 1.23. The fourth-order valence-corrected chi connectivity index (χ4v) is 5.45. The van der Waals surface area contributed by atoms with Crippen molar-refractivity contribution < 1.29 is 13.6 Å². The minimum atomic E-state index is -0.679. The summed E-state index contributed by atoms with van der Waals surface area (Å²) in [6, 6.07) is 6.24. The zero-order valence-corrected chi connectivity index (χ0v) is 20.9. The number of nitrogens with zero attached hydrogens (tertiary/aromatic N) is 4. The molecule has 3 aromatic rings. The van der Waals surface area contributed by atoms with Gasteiger partial charge in [-0.3, -0.25) is 18.7 Å². The first-order chi connectivity index (χ1) is 18.9. The molecule has 1 saturated carbocycles. The van der Waals surface area contributed by atoms with Gasteiger partial charge in [0.05, 0.1) is 18.1 Å². The highest BCUT2D eigenvalue weighted by atomic mass is 19.1. The molecule has 2 aliphatic heterocycles. The predicted molar refractivity (Wildman–Crippen MR) is 140 cm³/mol. The van der Waals surface area contributed by atoms with Crippen molar-refractivity contribution in [1.29, 1.82) is 0 Å². The first-order valence-corrected chi connectivity index (χ1v) is 12.8. The number of hydrogen-bond acceptors (Lipinski definition) is 6. The number of hydrogen-bond donors (Lipinski definition) is 2. The molecule has 9 nitrogen and oxygen atoms in total. The van der Waals surface area contributed by atoms with Gasteiger partial charge in [0.1, 0.15) is 29.1 Å². The number of amides is 1. The maximum absolute atomic E-state index is 14.1. The van der Waals surface area contributed by atoms with Gasteiger partial charge in [-0.15, -0.1) is 0 Å². The van der Waals surface area contributed by atoms with Crippen LogP contribution in [0, 0.1) is 11.6 Å². The van der Waals surface area contributed by atoms with Crippen molar-refractivity contribution in [1.82, 2.24) is 29.7 Å². The summed E-state index contributed by atoms with van der Waals surface area (Å²) in [5, 5.41) is 6.23. The SMILES string of the molecule is O=C(NC1CCC(n2c(=O)c3cc(F)cnc3n(Cc3ccc(F)cc3)c2=O)CC1)C1=CN2C=CC=CC2N1. The second-order valence-electron chi connectivity index (χ2n) is 9.98. The van der Waals surface area contributed by atoms with Gasteiger partial charge >= 0.3 is 5.69 Å². The minimum absolute atomic E-state index is 0.00551. The van der Waals surface area contributed by atoms with E-state index in [-0.39, 0.29) is 35.7 Å². The normalized spacial score (nSPS) is 21.9. The van der Waals surface area contributed by atoms with Crippen LogP contribution in [0.15, 0.2) is 82.4 Å². The number of carbonyl (C=O) groups excluding carboxylic acids is 1. The highest BCUT2D eigenvalue weighted by molar-refractivity contribution is 5.93. The van der Waals surface area contributed by atoms with Crippen molar-refractivity contribution in [3.8, 4) is 0 Å². The number of halogens is 2. The van der Waals surface area contributed by atoms with Crippen LogP contribution in [0.25, 0.3) is 11.0 Å². The summed E-state index contributed by atoms with van der Waals surface area (Å²) < 4.78 is 30.0. The van der Waals surface area contributed by atoms with Crippen molar-refractivity contribution >= 4 is 16.9 Å². The molecule has 11 heteroatoms. The number of pyridine rings is 1. The molecule has 1 aromatic carbocycles. The monoisotopic (exact) mass is 532 g/mol. The van der Waals surface area contributed by atoms with E-state index < -0.39 is 28.9 Å². The molecule has 2 aromatic heterocycles. The average Bonchev–Trinajstić information content (AvgIpc) is 3.38. The molecule has 0 radical (unpaired) electrons. The Morgan fingerprint density at radius 2 is 1.82 bits per heavy atom. The molecule has 3 aliphatic rings. The zero-order chi connectivity index (χ0) is 27.1. The third-order valence-corrected chi connectivity index (χ3v) is 7.44. The smallest absolute Gasteiger partial charge is 0.333 e. The van der Waals surface area contributed by atoms with E-state index in [1.54, 1.807) is 18.3 Å². The lowest BCUT2D eigenvalue weighted by Crippen LogP contribution is -2.46. The number of nitrogens with one attached hydrogen (secondary N) is 2. The lowest BCUT2D eigenvalue weighted by atomic mass is 9.90. The molecule has 2 N–H and O–H groups in total. The molecule has 0 saturated heterocycles. The molecule has 200 valence electrons. The van der Waals surface area contributed by atoms with Crippen molar-refractivity contribution in [2.75, 3.05) is 0 Å². The number of aromatic nitrogens is 3. The molecular weight excluding hydrogens is 506 g/mol. The predicted octanol–water partition coefficient (Wildman–Crippen LogP) is 2.64. The summed E-state index contributed by atoms with van der Waals surface area (Å²) in [5.41, 5.74) is 0.0393. The Morgan fingerprint density at radius 1 is 1.05 bits per heavy atom. The molecule has 4 heterocycles. The van der Waals surface area contributed by atoms with E-state index in [4.69, 9.17) is 0 Å². The van der Waals surface area contributed by atoms with Gasteiger partial charge in [-0.2, -0.15) is 0 Å². The van der Waals surface area contributed by atoms with E-state index >= 15 is 0 Å². The lowest BCUT2D eigenvalue weighted by Gasteiger charge is -2.30. The van der Waals surface area contributed by atoms with Crippen LogP contribution in [0.5, 0.6) is 0 Å². The third-order valence-electron chi connectivity index (χ3n) is 7.44. The summed E-state index contributed by atoms with van der Waals surface area (Å²) in [6.07, 6.45) is 12.4. The van der Waals surface area contributed by atoms with Crippen LogP contribution in [0.4, 0.5) is 8.78 Å². The molecule has 1 fully saturated rings. The van der Waals surface area contributed by atoms with Gasteiger partial charge in [0.15, 0.2) is 0 Å². The van der Waals surface area contributed by atoms with E-state index in [1.165, 1.54) is 21.3 Å². The number of allylic oxidation sites excluding steroid dienone is 2. The van der Waals surface area contributed by atoms with Gasteiger partial charge in [-0.05, 0) is 61.6 Å². The standard InChI is InChI=1S/C28H26F2N6O3/c29-18-6-4-17(5-7-18)15-35-25-22(13-19(30)14-31-25)27(38)36(28(35)39)21-10-8-20(9-11-21)32-26(37)23-16-34-12-2-1-3-24(34)33-23/h1-7,12-14,16,20-21,24,33H,8-11,15H2,(H,32,37). The maximum Gasteiger partial charge on any atom is 0.333 e. The van der Waals surface area contributed by atoms with Gasteiger partial charge < -0.3 is 15.5 Å². The quantitative estimate of drug-likeness (QED) is 0.524. The van der Waals surface area contributed by atoms with Crippen LogP contribution in [-0.4, -0.2) is 37.1 Å². The number of carbonyl (C=O) groups is 1. The Kier molecular flexibility index (Phi) is 6.34. The molecule has 6 rings (SSSR count). The fraction of sp³-hybridized carbons (Fsp3) is 0.286. The van der Waals surface area contributed by atoms with Gasteiger partial charge in [0, 0.05) is 24.5 Å². The van der Waals surface area contributed by atoms with E-state index in [0.717, 1.165) is 12.3 Å². The third kappa shape index (κ3) is 4.75. The molecular formula is C28H26F2N6O3. The summed E-state index contributed by atoms with van der Waals surface area (Å²) in [7, 11) is 0. The molecule has 39 heavy (non-hydrogen) atoms. The number of benzene rings is 1. The van der Waals surface area contributed by atoms with E-state index in [1.807, 2.05) is 29.3 Å². The average molecular weight is 533 g/mol. The largest absolute Gasteiger partial charge is 0.356 e. The summed E-state index contributed by atoms with van der Waals surface area (Å²) in [5.74, 6) is -1.29. The summed E-state index contributed by atoms with van der Waals surface area (Å²) in [4.78, 5) is 45.8. The highest BCUT2D eigenvalue weighted by Crippen LogP contribution is 2.28. The molecule has 1 atom stereocenters. The first-order valence-electron chi connectivity index (χ1n) is 12.8. The van der Waals surface area contributed by atoms with Gasteiger partial charge in [-0.1, -0.05) is 18.2 Å². The Morgan fingerprint density at radius 3 is 2.56 bits per heavy atom. The Bertz CT molecular complexity index is 1650.